The van der Waals surface area contributed by atoms with Crippen LogP contribution in [0.5, 0.6) is 0 Å². The molecule has 0 aromatic heterocycles. The number of aliphatic hydroxyl groups excluding tert-OH is 1. The second kappa shape index (κ2) is 8.38. The molecule has 19 heavy (non-hydrogen) atoms. The van der Waals surface area contributed by atoms with Gasteiger partial charge in [-0.15, -0.1) is 0 Å². The number of nitrogens with zero attached hydrogens (tertiary/aromatic N) is 1. The molecule has 1 rings (SSSR count). The maximum absolute atomic E-state index is 11.9. The molecule has 1 aliphatic heterocycles. The highest BCUT2D eigenvalue weighted by molar-refractivity contribution is 5.74. The maximum atomic E-state index is 11.9. The summed E-state index contributed by atoms with van der Waals surface area (Å²) in [4.78, 5) is 13.5. The molecule has 1 heterocycles. The topological polar surface area (TPSA) is 61.8 Å². The highest BCUT2D eigenvalue weighted by Crippen LogP contribution is 2.16. The van der Waals surface area contributed by atoms with E-state index in [4.69, 9.17) is 4.74 Å². The Hall–Kier alpha value is -0.810. The third-order valence-corrected chi connectivity index (χ3v) is 3.40. The molecule has 2 amide bonds. The number of ether oxygens (including phenoxy) is 1. The van der Waals surface area contributed by atoms with E-state index in [1.807, 2.05) is 6.92 Å². The maximum Gasteiger partial charge on any atom is 0.317 e. The average Bonchev–Trinajstić information content (AvgIpc) is 2.36. The number of β-amino-alcohol motifs (C(OH)–C–C–N with tert-alkyl or cyclic N) is 1. The van der Waals surface area contributed by atoms with Gasteiger partial charge in [0, 0.05) is 32.8 Å². The van der Waals surface area contributed by atoms with Crippen LogP contribution in [0.2, 0.25) is 0 Å². The SMILES string of the molecule is CC(C)COCCCNC(=O)N1CCC(C)C(O)C1. The first-order valence-corrected chi connectivity index (χ1v) is 7.29. The highest BCUT2D eigenvalue weighted by Gasteiger charge is 2.26. The van der Waals surface area contributed by atoms with E-state index in [2.05, 4.69) is 19.2 Å². The van der Waals surface area contributed by atoms with Crippen LogP contribution in [-0.2, 0) is 4.74 Å². The number of hydrogen-bond acceptors (Lipinski definition) is 3. The van der Waals surface area contributed by atoms with Crippen molar-refractivity contribution in [3.63, 3.8) is 0 Å². The Morgan fingerprint density at radius 1 is 1.53 bits per heavy atom. The molecule has 0 spiro atoms. The number of amides is 2. The Morgan fingerprint density at radius 3 is 2.89 bits per heavy atom. The molecule has 1 aliphatic rings. The van der Waals surface area contributed by atoms with E-state index in [0.29, 0.717) is 25.6 Å². The van der Waals surface area contributed by atoms with Gasteiger partial charge in [-0.05, 0) is 24.7 Å². The van der Waals surface area contributed by atoms with Gasteiger partial charge >= 0.3 is 6.03 Å². The minimum absolute atomic E-state index is 0.0743. The zero-order valence-electron chi connectivity index (χ0n) is 12.4. The minimum atomic E-state index is -0.395. The van der Waals surface area contributed by atoms with Crippen molar-refractivity contribution in [1.82, 2.24) is 10.2 Å². The van der Waals surface area contributed by atoms with Crippen molar-refractivity contribution in [2.24, 2.45) is 11.8 Å². The normalized spacial score (nSPS) is 23.7. The van der Waals surface area contributed by atoms with Gasteiger partial charge in [0.05, 0.1) is 6.10 Å². The molecule has 2 unspecified atom stereocenters. The Labute approximate surface area is 116 Å². The Kier molecular flexibility index (Phi) is 7.16. The van der Waals surface area contributed by atoms with Crippen molar-refractivity contribution in [3.8, 4) is 0 Å². The molecule has 5 heteroatoms. The first-order chi connectivity index (χ1) is 9.00. The minimum Gasteiger partial charge on any atom is -0.391 e. The van der Waals surface area contributed by atoms with Gasteiger partial charge in [0.1, 0.15) is 0 Å². The van der Waals surface area contributed by atoms with E-state index < -0.39 is 6.10 Å². The number of urea groups is 1. The van der Waals surface area contributed by atoms with Crippen LogP contribution in [0.1, 0.15) is 33.6 Å². The number of carbonyl (C=O) groups excluding carboxylic acids is 1. The highest BCUT2D eigenvalue weighted by atomic mass is 16.5. The van der Waals surface area contributed by atoms with Crippen molar-refractivity contribution in [3.05, 3.63) is 0 Å². The average molecular weight is 272 g/mol. The summed E-state index contributed by atoms with van der Waals surface area (Å²) in [5, 5.41) is 12.6. The van der Waals surface area contributed by atoms with Crippen LogP contribution in [0.4, 0.5) is 4.79 Å². The van der Waals surface area contributed by atoms with E-state index in [1.54, 1.807) is 4.90 Å². The number of nitrogens with one attached hydrogen (secondary N) is 1. The van der Waals surface area contributed by atoms with E-state index in [1.165, 1.54) is 0 Å². The summed E-state index contributed by atoms with van der Waals surface area (Å²) in [6, 6.07) is -0.0743. The van der Waals surface area contributed by atoms with Crippen molar-refractivity contribution in [2.75, 3.05) is 32.8 Å². The van der Waals surface area contributed by atoms with E-state index in [9.17, 15) is 9.90 Å². The Bertz CT molecular complexity index is 271. The summed E-state index contributed by atoms with van der Waals surface area (Å²) in [6.45, 7) is 9.49. The number of piperidine rings is 1. The molecule has 1 saturated heterocycles. The van der Waals surface area contributed by atoms with E-state index in [-0.39, 0.29) is 11.9 Å². The molecule has 0 radical (unpaired) electrons. The van der Waals surface area contributed by atoms with Gasteiger partial charge in [-0.2, -0.15) is 0 Å². The lowest BCUT2D eigenvalue weighted by atomic mass is 9.96. The number of likely N-dealkylation sites (tertiary alicyclic amines) is 1. The molecular formula is C14H28N2O3. The monoisotopic (exact) mass is 272 g/mol. The summed E-state index contributed by atoms with van der Waals surface area (Å²) in [6.07, 6.45) is 1.30. The van der Waals surface area contributed by atoms with Gasteiger partial charge in [0.2, 0.25) is 0 Å². The van der Waals surface area contributed by atoms with Crippen molar-refractivity contribution < 1.29 is 14.6 Å². The first-order valence-electron chi connectivity index (χ1n) is 7.29. The molecule has 0 aromatic rings. The quantitative estimate of drug-likeness (QED) is 0.720. The summed E-state index contributed by atoms with van der Waals surface area (Å²) < 4.78 is 5.45. The number of rotatable bonds is 6. The first kappa shape index (κ1) is 16.2. The van der Waals surface area contributed by atoms with Gasteiger partial charge in [0.15, 0.2) is 0 Å². The van der Waals surface area contributed by atoms with Crippen LogP contribution in [-0.4, -0.2) is 55.0 Å². The fourth-order valence-corrected chi connectivity index (χ4v) is 2.03. The van der Waals surface area contributed by atoms with Crippen molar-refractivity contribution in [1.29, 1.82) is 0 Å². The Morgan fingerprint density at radius 2 is 2.26 bits per heavy atom. The predicted octanol–water partition coefficient (Wildman–Crippen LogP) is 1.46. The molecule has 2 atom stereocenters. The van der Waals surface area contributed by atoms with Crippen LogP contribution in [0.25, 0.3) is 0 Å². The molecular weight excluding hydrogens is 244 g/mol. The Balaban J connectivity index is 2.08. The van der Waals surface area contributed by atoms with E-state index in [0.717, 1.165) is 26.0 Å². The summed E-state index contributed by atoms with van der Waals surface area (Å²) in [5.74, 6) is 0.833. The van der Waals surface area contributed by atoms with Crippen LogP contribution >= 0.6 is 0 Å². The summed E-state index contributed by atoms with van der Waals surface area (Å²) >= 11 is 0. The standard InChI is InChI=1S/C14H28N2O3/c1-11(2)10-19-8-4-6-15-14(18)16-7-5-12(3)13(17)9-16/h11-13,17H,4-10H2,1-3H3,(H,15,18). The predicted molar refractivity (Wildman–Crippen MR) is 75.0 cm³/mol. The number of carbonyl (C=O) groups is 1. The molecule has 0 aromatic carbocycles. The fraction of sp³-hybridized carbons (Fsp3) is 0.929. The zero-order valence-corrected chi connectivity index (χ0v) is 12.4. The van der Waals surface area contributed by atoms with Crippen LogP contribution < -0.4 is 5.32 Å². The third-order valence-electron chi connectivity index (χ3n) is 3.40. The molecule has 0 aliphatic carbocycles. The molecule has 112 valence electrons. The summed E-state index contributed by atoms with van der Waals surface area (Å²) in [5.41, 5.74) is 0. The lowest BCUT2D eigenvalue weighted by Gasteiger charge is -2.34. The smallest absolute Gasteiger partial charge is 0.317 e. The van der Waals surface area contributed by atoms with Gasteiger partial charge in [0.25, 0.3) is 0 Å². The lowest BCUT2D eigenvalue weighted by Crippen LogP contribution is -2.49. The van der Waals surface area contributed by atoms with Crippen molar-refractivity contribution >= 4 is 6.03 Å². The molecule has 5 nitrogen and oxygen atoms in total. The number of hydrogen-bond donors (Lipinski definition) is 2. The van der Waals surface area contributed by atoms with Crippen LogP contribution in [0, 0.1) is 11.8 Å². The number of aliphatic hydroxyl groups is 1. The third kappa shape index (κ3) is 6.25. The molecule has 1 fully saturated rings. The van der Waals surface area contributed by atoms with Gasteiger partial charge in [-0.1, -0.05) is 20.8 Å². The van der Waals surface area contributed by atoms with Gasteiger partial charge < -0.3 is 20.1 Å². The molecule has 2 N–H and O–H groups in total. The molecule has 0 saturated carbocycles. The largest absolute Gasteiger partial charge is 0.391 e. The van der Waals surface area contributed by atoms with Gasteiger partial charge in [-0.3, -0.25) is 0 Å². The lowest BCUT2D eigenvalue weighted by molar-refractivity contribution is 0.0433. The zero-order chi connectivity index (χ0) is 14.3. The van der Waals surface area contributed by atoms with Crippen LogP contribution in [0.3, 0.4) is 0 Å². The molecule has 0 bridgehead atoms. The van der Waals surface area contributed by atoms with Crippen molar-refractivity contribution in [2.45, 2.75) is 39.7 Å². The van der Waals surface area contributed by atoms with Gasteiger partial charge in [-0.25, -0.2) is 4.79 Å². The fourth-order valence-electron chi connectivity index (χ4n) is 2.03. The second-order valence-electron chi connectivity index (χ2n) is 5.83. The van der Waals surface area contributed by atoms with E-state index >= 15 is 0 Å². The second-order valence-corrected chi connectivity index (χ2v) is 5.83. The summed E-state index contributed by atoms with van der Waals surface area (Å²) in [7, 11) is 0. The van der Waals surface area contributed by atoms with Crippen LogP contribution in [0.15, 0.2) is 0 Å².